The van der Waals surface area contributed by atoms with Crippen LogP contribution in [-0.4, -0.2) is 60.4 Å². The van der Waals surface area contributed by atoms with Gasteiger partial charge in [0.05, 0.1) is 16.7 Å². The molecule has 1 unspecified atom stereocenters. The average Bonchev–Trinajstić information content (AvgIpc) is 3.15. The van der Waals surface area contributed by atoms with E-state index in [0.29, 0.717) is 24.2 Å². The van der Waals surface area contributed by atoms with Gasteiger partial charge in [0.2, 0.25) is 11.8 Å². The maximum atomic E-state index is 13.0. The molecule has 156 valence electrons. The smallest absolute Gasteiger partial charge is 0.271 e. The summed E-state index contributed by atoms with van der Waals surface area (Å²) in [5.74, 6) is -0.450. The fourth-order valence-corrected chi connectivity index (χ4v) is 4.16. The van der Waals surface area contributed by atoms with Crippen LogP contribution in [0.5, 0.6) is 0 Å². The van der Waals surface area contributed by atoms with Crippen LogP contribution >= 0.6 is 0 Å². The number of nitrogens with two attached hydrogens (primary N) is 1. The Bertz CT molecular complexity index is 970. The molecule has 30 heavy (non-hydrogen) atoms. The molecule has 0 aliphatic carbocycles. The second kappa shape index (κ2) is 8.11. The highest BCUT2D eigenvalue weighted by atomic mass is 16.6. The number of hydrogen-bond acceptors (Lipinski definition) is 6. The third-order valence-corrected chi connectivity index (χ3v) is 5.80. The Kier molecular flexibility index (Phi) is 5.37. The summed E-state index contributed by atoms with van der Waals surface area (Å²) in [7, 11) is 0. The SMILES string of the molecule is NC(=O)c1ccc(N2CCN(C3CCN(c4cccc([N+](=O)[O-])c4)C3=O)CC2)cc1. The molecule has 4 rings (SSSR count). The number of non-ortho nitro benzene ring substituents is 1. The number of amides is 2. The molecule has 2 aliphatic heterocycles. The summed E-state index contributed by atoms with van der Waals surface area (Å²) >= 11 is 0. The summed E-state index contributed by atoms with van der Waals surface area (Å²) in [4.78, 5) is 40.9. The van der Waals surface area contributed by atoms with Crippen LogP contribution < -0.4 is 15.5 Å². The lowest BCUT2D eigenvalue weighted by Crippen LogP contribution is -2.52. The van der Waals surface area contributed by atoms with Crippen molar-refractivity contribution in [2.75, 3.05) is 42.5 Å². The molecule has 9 heteroatoms. The Morgan fingerprint density at radius 3 is 2.33 bits per heavy atom. The Labute approximate surface area is 173 Å². The van der Waals surface area contributed by atoms with Crippen LogP contribution in [0, 0.1) is 10.1 Å². The van der Waals surface area contributed by atoms with Crippen molar-refractivity contribution in [2.45, 2.75) is 12.5 Å². The third-order valence-electron chi connectivity index (χ3n) is 5.80. The van der Waals surface area contributed by atoms with Gasteiger partial charge >= 0.3 is 0 Å². The molecule has 2 fully saturated rings. The highest BCUT2D eigenvalue weighted by Gasteiger charge is 2.38. The number of hydrogen-bond donors (Lipinski definition) is 1. The normalized spacial score (nSPS) is 19.9. The molecule has 2 saturated heterocycles. The molecule has 2 N–H and O–H groups in total. The summed E-state index contributed by atoms with van der Waals surface area (Å²) in [6.45, 7) is 3.60. The summed E-state index contributed by atoms with van der Waals surface area (Å²) in [6.07, 6.45) is 0.703. The number of primary amides is 1. The van der Waals surface area contributed by atoms with Crippen LogP contribution in [0.1, 0.15) is 16.8 Å². The van der Waals surface area contributed by atoms with E-state index in [1.54, 1.807) is 29.2 Å². The van der Waals surface area contributed by atoms with Gasteiger partial charge in [0.25, 0.3) is 5.69 Å². The molecule has 2 amide bonds. The predicted molar refractivity (Wildman–Crippen MR) is 113 cm³/mol. The fourth-order valence-electron chi connectivity index (χ4n) is 4.16. The van der Waals surface area contributed by atoms with Gasteiger partial charge in [-0.3, -0.25) is 24.6 Å². The number of piperazine rings is 1. The van der Waals surface area contributed by atoms with Gasteiger partial charge in [-0.05, 0) is 36.8 Å². The van der Waals surface area contributed by atoms with Gasteiger partial charge in [0, 0.05) is 56.1 Å². The van der Waals surface area contributed by atoms with E-state index >= 15 is 0 Å². The molecule has 9 nitrogen and oxygen atoms in total. The summed E-state index contributed by atoms with van der Waals surface area (Å²) < 4.78 is 0. The van der Waals surface area contributed by atoms with Crippen LogP contribution in [0.4, 0.5) is 17.1 Å². The van der Waals surface area contributed by atoms with E-state index < -0.39 is 10.8 Å². The van der Waals surface area contributed by atoms with Crippen molar-refractivity contribution in [3.63, 3.8) is 0 Å². The standard InChI is InChI=1S/C21H23N5O4/c22-20(27)15-4-6-16(7-5-15)23-10-12-24(13-11-23)19-8-9-25(21(19)28)17-2-1-3-18(14-17)26(29)30/h1-7,14,19H,8-13H2,(H2,22,27). The molecule has 2 aromatic rings. The molecular formula is C21H23N5O4. The van der Waals surface area contributed by atoms with E-state index in [1.165, 1.54) is 12.1 Å². The maximum absolute atomic E-state index is 13.0. The molecule has 0 radical (unpaired) electrons. The van der Waals surface area contributed by atoms with Crippen molar-refractivity contribution in [1.82, 2.24) is 4.90 Å². The molecule has 0 spiro atoms. The zero-order valence-corrected chi connectivity index (χ0v) is 16.4. The lowest BCUT2D eigenvalue weighted by Gasteiger charge is -2.38. The number of anilines is 2. The molecular weight excluding hydrogens is 386 g/mol. The van der Waals surface area contributed by atoms with Crippen LogP contribution in [0.25, 0.3) is 0 Å². The Hall–Kier alpha value is -3.46. The van der Waals surface area contributed by atoms with E-state index in [-0.39, 0.29) is 17.6 Å². The van der Waals surface area contributed by atoms with E-state index in [1.807, 2.05) is 12.1 Å². The van der Waals surface area contributed by atoms with E-state index in [4.69, 9.17) is 5.73 Å². The number of rotatable bonds is 5. The predicted octanol–water partition coefficient (Wildman–Crippen LogP) is 1.62. The van der Waals surface area contributed by atoms with Crippen molar-refractivity contribution >= 4 is 28.9 Å². The average molecular weight is 409 g/mol. The van der Waals surface area contributed by atoms with Gasteiger partial charge in [-0.25, -0.2) is 0 Å². The number of carbonyl (C=O) groups is 2. The molecule has 2 aromatic carbocycles. The van der Waals surface area contributed by atoms with Crippen molar-refractivity contribution in [3.8, 4) is 0 Å². The topological polar surface area (TPSA) is 113 Å². The van der Waals surface area contributed by atoms with Crippen molar-refractivity contribution < 1.29 is 14.5 Å². The van der Waals surface area contributed by atoms with Crippen LogP contribution in [0.2, 0.25) is 0 Å². The summed E-state index contributed by atoms with van der Waals surface area (Å²) in [5.41, 5.74) is 7.36. The van der Waals surface area contributed by atoms with Crippen LogP contribution in [0.3, 0.4) is 0 Å². The fraction of sp³-hybridized carbons (Fsp3) is 0.333. The van der Waals surface area contributed by atoms with E-state index in [2.05, 4.69) is 9.80 Å². The number of nitro benzene ring substituents is 1. The third kappa shape index (κ3) is 3.84. The molecule has 1 atom stereocenters. The zero-order valence-electron chi connectivity index (χ0n) is 16.4. The lowest BCUT2D eigenvalue weighted by molar-refractivity contribution is -0.384. The van der Waals surface area contributed by atoms with Gasteiger partial charge in [-0.1, -0.05) is 6.07 Å². The monoisotopic (exact) mass is 409 g/mol. The molecule has 0 saturated carbocycles. The van der Waals surface area contributed by atoms with Crippen molar-refractivity contribution in [1.29, 1.82) is 0 Å². The first-order valence-electron chi connectivity index (χ1n) is 9.89. The van der Waals surface area contributed by atoms with Gasteiger partial charge in [0.1, 0.15) is 0 Å². The van der Waals surface area contributed by atoms with Gasteiger partial charge in [-0.2, -0.15) is 0 Å². The second-order valence-electron chi connectivity index (χ2n) is 7.51. The molecule has 0 bridgehead atoms. The highest BCUT2D eigenvalue weighted by Crippen LogP contribution is 2.28. The number of carbonyl (C=O) groups excluding carboxylic acids is 2. The quantitative estimate of drug-likeness (QED) is 0.593. The number of benzene rings is 2. The first-order chi connectivity index (χ1) is 14.4. The lowest BCUT2D eigenvalue weighted by atomic mass is 10.1. The summed E-state index contributed by atoms with van der Waals surface area (Å²) in [5, 5.41) is 11.0. The molecule has 2 aliphatic rings. The minimum absolute atomic E-state index is 0.00485. The second-order valence-corrected chi connectivity index (χ2v) is 7.51. The Balaban J connectivity index is 1.38. The molecule has 0 aromatic heterocycles. The maximum Gasteiger partial charge on any atom is 0.271 e. The Morgan fingerprint density at radius 2 is 1.70 bits per heavy atom. The Morgan fingerprint density at radius 1 is 1.00 bits per heavy atom. The minimum Gasteiger partial charge on any atom is -0.369 e. The van der Waals surface area contributed by atoms with Gasteiger partial charge < -0.3 is 15.5 Å². The first kappa shape index (κ1) is 19.8. The largest absolute Gasteiger partial charge is 0.369 e. The van der Waals surface area contributed by atoms with E-state index in [9.17, 15) is 19.7 Å². The first-order valence-corrected chi connectivity index (χ1v) is 9.89. The summed E-state index contributed by atoms with van der Waals surface area (Å²) in [6, 6.07) is 13.2. The zero-order chi connectivity index (χ0) is 21.3. The minimum atomic E-state index is -0.448. The van der Waals surface area contributed by atoms with Crippen molar-refractivity contribution in [3.05, 3.63) is 64.2 Å². The van der Waals surface area contributed by atoms with Gasteiger partial charge in [0.15, 0.2) is 0 Å². The number of nitrogens with zero attached hydrogens (tertiary/aromatic N) is 4. The van der Waals surface area contributed by atoms with Crippen LogP contribution in [-0.2, 0) is 4.79 Å². The number of nitro groups is 1. The van der Waals surface area contributed by atoms with E-state index in [0.717, 1.165) is 31.9 Å². The highest BCUT2D eigenvalue weighted by molar-refractivity contribution is 5.99. The van der Waals surface area contributed by atoms with Crippen LogP contribution in [0.15, 0.2) is 48.5 Å². The van der Waals surface area contributed by atoms with Crippen molar-refractivity contribution in [2.24, 2.45) is 5.73 Å². The van der Waals surface area contributed by atoms with Gasteiger partial charge in [-0.15, -0.1) is 0 Å². The molecule has 2 heterocycles.